The first kappa shape index (κ1) is 14.9. The molecule has 1 nitrogen and oxygen atoms in total. The van der Waals surface area contributed by atoms with Gasteiger partial charge in [0.1, 0.15) is 0 Å². The zero-order chi connectivity index (χ0) is 13.1. The standard InChI is InChI=1S/C18H16N.Pt/c1-2-7-16-13-12-15-10-6-11-17(18(15)19-16)14-8-4-3-5-9-14;/h3-6,8,10-13H,2,7H2,1H3;/q-1;. The summed E-state index contributed by atoms with van der Waals surface area (Å²) in [5.41, 5.74) is 4.51. The molecule has 0 saturated carbocycles. The molecule has 0 unspecified atom stereocenters. The molecule has 0 fully saturated rings. The summed E-state index contributed by atoms with van der Waals surface area (Å²) in [6, 6.07) is 22.0. The molecule has 0 radical (unpaired) electrons. The van der Waals surface area contributed by atoms with E-state index in [1.807, 2.05) is 18.2 Å². The van der Waals surface area contributed by atoms with E-state index in [-0.39, 0.29) is 21.1 Å². The fourth-order valence-electron chi connectivity index (χ4n) is 2.36. The van der Waals surface area contributed by atoms with Gasteiger partial charge in [0.05, 0.1) is 0 Å². The molecule has 0 aliphatic heterocycles. The van der Waals surface area contributed by atoms with E-state index in [2.05, 4.69) is 49.4 Å². The van der Waals surface area contributed by atoms with Crippen molar-refractivity contribution in [1.29, 1.82) is 0 Å². The Labute approximate surface area is 134 Å². The van der Waals surface area contributed by atoms with E-state index in [9.17, 15) is 0 Å². The van der Waals surface area contributed by atoms with Gasteiger partial charge >= 0.3 is 0 Å². The molecule has 3 rings (SSSR count). The maximum absolute atomic E-state index is 4.82. The molecule has 0 amide bonds. The van der Waals surface area contributed by atoms with Gasteiger partial charge in [0.15, 0.2) is 0 Å². The van der Waals surface area contributed by atoms with Gasteiger partial charge in [-0.3, -0.25) is 4.98 Å². The minimum Gasteiger partial charge on any atom is -0.262 e. The fourth-order valence-corrected chi connectivity index (χ4v) is 2.36. The molecule has 1 aromatic heterocycles. The third kappa shape index (κ3) is 2.99. The van der Waals surface area contributed by atoms with Crippen LogP contribution in [0.4, 0.5) is 0 Å². The largest absolute Gasteiger partial charge is 0.262 e. The summed E-state index contributed by atoms with van der Waals surface area (Å²) >= 11 is 0. The second-order valence-corrected chi connectivity index (χ2v) is 4.71. The number of aromatic nitrogens is 1. The number of aryl methyl sites for hydroxylation is 1. The van der Waals surface area contributed by atoms with E-state index in [0.29, 0.717) is 0 Å². The molecule has 0 spiro atoms. The van der Waals surface area contributed by atoms with Crippen molar-refractivity contribution in [1.82, 2.24) is 4.98 Å². The second kappa shape index (κ2) is 6.81. The summed E-state index contributed by atoms with van der Waals surface area (Å²) in [7, 11) is 0. The Morgan fingerprint density at radius 3 is 2.65 bits per heavy atom. The molecule has 0 atom stereocenters. The molecule has 1 heterocycles. The quantitative estimate of drug-likeness (QED) is 0.540. The van der Waals surface area contributed by atoms with E-state index in [4.69, 9.17) is 4.98 Å². The molecule has 2 aromatic carbocycles. The molecule has 2 heteroatoms. The first-order valence-electron chi connectivity index (χ1n) is 6.74. The van der Waals surface area contributed by atoms with Crippen LogP contribution in [0.5, 0.6) is 0 Å². The molecule has 0 aliphatic carbocycles. The van der Waals surface area contributed by atoms with Crippen molar-refractivity contribution in [2.75, 3.05) is 0 Å². The molecular formula is C18H16NPt-. The zero-order valence-electron chi connectivity index (χ0n) is 11.4. The van der Waals surface area contributed by atoms with Crippen molar-refractivity contribution in [3.05, 3.63) is 66.4 Å². The zero-order valence-corrected chi connectivity index (χ0v) is 13.6. The first-order chi connectivity index (χ1) is 9.38. The first-order valence-corrected chi connectivity index (χ1v) is 6.74. The number of pyridine rings is 1. The molecule has 0 aliphatic rings. The average molecular weight is 441 g/mol. The normalized spacial score (nSPS) is 10.2. The Balaban J connectivity index is 0.00000147. The number of para-hydroxylation sites is 1. The van der Waals surface area contributed by atoms with Gasteiger partial charge in [-0.2, -0.15) is 0 Å². The van der Waals surface area contributed by atoms with Crippen LogP contribution in [-0.4, -0.2) is 4.98 Å². The Morgan fingerprint density at radius 1 is 1.00 bits per heavy atom. The Bertz CT molecular complexity index is 692. The van der Waals surface area contributed by atoms with Crippen molar-refractivity contribution in [2.45, 2.75) is 19.8 Å². The van der Waals surface area contributed by atoms with Crippen LogP contribution >= 0.6 is 0 Å². The topological polar surface area (TPSA) is 12.9 Å². The van der Waals surface area contributed by atoms with Crippen LogP contribution in [0.25, 0.3) is 22.0 Å². The van der Waals surface area contributed by atoms with E-state index >= 15 is 0 Å². The van der Waals surface area contributed by atoms with Crippen LogP contribution in [0.2, 0.25) is 0 Å². The molecule has 0 saturated heterocycles. The van der Waals surface area contributed by atoms with Crippen LogP contribution in [0.15, 0.2) is 54.6 Å². The summed E-state index contributed by atoms with van der Waals surface area (Å²) in [6.45, 7) is 2.18. The molecule has 3 aromatic rings. The van der Waals surface area contributed by atoms with Gasteiger partial charge < -0.3 is 0 Å². The fraction of sp³-hybridized carbons (Fsp3) is 0.167. The van der Waals surface area contributed by atoms with Crippen molar-refractivity contribution >= 4 is 10.9 Å². The van der Waals surface area contributed by atoms with Gasteiger partial charge in [0.2, 0.25) is 0 Å². The average Bonchev–Trinajstić information content (AvgIpc) is 2.48. The number of fused-ring (bicyclic) bond motifs is 1. The number of hydrogen-bond donors (Lipinski definition) is 0. The predicted molar refractivity (Wildman–Crippen MR) is 80.0 cm³/mol. The van der Waals surface area contributed by atoms with E-state index < -0.39 is 0 Å². The van der Waals surface area contributed by atoms with Crippen molar-refractivity contribution < 1.29 is 21.1 Å². The van der Waals surface area contributed by atoms with Crippen molar-refractivity contribution in [2.24, 2.45) is 0 Å². The second-order valence-electron chi connectivity index (χ2n) is 4.71. The predicted octanol–water partition coefficient (Wildman–Crippen LogP) is 4.65. The van der Waals surface area contributed by atoms with Crippen LogP contribution in [0, 0.1) is 6.07 Å². The van der Waals surface area contributed by atoms with Crippen molar-refractivity contribution in [3.63, 3.8) is 0 Å². The summed E-state index contributed by atoms with van der Waals surface area (Å²) in [5, 5.41) is 1.19. The van der Waals surface area contributed by atoms with Crippen LogP contribution < -0.4 is 0 Å². The number of hydrogen-bond acceptors (Lipinski definition) is 1. The maximum Gasteiger partial charge on any atom is 0.0401 e. The Hall–Kier alpha value is -1.46. The van der Waals surface area contributed by atoms with Crippen LogP contribution in [0.1, 0.15) is 19.0 Å². The van der Waals surface area contributed by atoms with E-state index in [1.54, 1.807) is 0 Å². The van der Waals surface area contributed by atoms with Gasteiger partial charge in [0.25, 0.3) is 0 Å². The Kier molecular flexibility index (Phi) is 5.09. The molecule has 20 heavy (non-hydrogen) atoms. The summed E-state index contributed by atoms with van der Waals surface area (Å²) in [4.78, 5) is 4.82. The third-order valence-electron chi connectivity index (χ3n) is 3.28. The van der Waals surface area contributed by atoms with Crippen LogP contribution in [-0.2, 0) is 27.5 Å². The molecule has 0 N–H and O–H groups in total. The van der Waals surface area contributed by atoms with Crippen LogP contribution in [0.3, 0.4) is 0 Å². The SMILES string of the molecule is CCCc1ccc2cccc(-c3[c-]cccc3)c2n1.[Pt]. The number of rotatable bonds is 3. The molecular weight excluding hydrogens is 425 g/mol. The van der Waals surface area contributed by atoms with E-state index in [0.717, 1.165) is 29.5 Å². The molecule has 0 bridgehead atoms. The summed E-state index contributed by atoms with van der Waals surface area (Å²) in [5.74, 6) is 0. The van der Waals surface area contributed by atoms with Gasteiger partial charge in [-0.05, 0) is 17.9 Å². The van der Waals surface area contributed by atoms with Gasteiger partial charge in [-0.1, -0.05) is 43.2 Å². The Morgan fingerprint density at radius 2 is 1.90 bits per heavy atom. The smallest absolute Gasteiger partial charge is 0.0401 e. The summed E-state index contributed by atoms with van der Waals surface area (Å²) < 4.78 is 0. The van der Waals surface area contributed by atoms with E-state index in [1.165, 1.54) is 11.1 Å². The van der Waals surface area contributed by atoms with Gasteiger partial charge in [0, 0.05) is 32.3 Å². The van der Waals surface area contributed by atoms with Crippen molar-refractivity contribution in [3.8, 4) is 11.1 Å². The minimum absolute atomic E-state index is 0. The number of benzene rings is 2. The third-order valence-corrected chi connectivity index (χ3v) is 3.28. The number of nitrogens with zero attached hydrogens (tertiary/aromatic N) is 1. The summed E-state index contributed by atoms with van der Waals surface area (Å²) in [6.07, 6.45) is 2.15. The van der Waals surface area contributed by atoms with Gasteiger partial charge in [-0.25, -0.2) is 0 Å². The minimum atomic E-state index is 0. The van der Waals surface area contributed by atoms with Gasteiger partial charge in [-0.15, -0.1) is 35.9 Å². The maximum atomic E-state index is 4.82. The molecule has 104 valence electrons. The monoisotopic (exact) mass is 441 g/mol.